The van der Waals surface area contributed by atoms with Crippen molar-refractivity contribution >= 4 is 34.8 Å². The van der Waals surface area contributed by atoms with Crippen molar-refractivity contribution in [1.82, 2.24) is 0 Å². The van der Waals surface area contributed by atoms with E-state index in [-0.39, 0.29) is 10.0 Å². The molecule has 2 rings (SSSR count). The van der Waals surface area contributed by atoms with Crippen LogP contribution >= 0.6 is 34.8 Å². The van der Waals surface area contributed by atoms with E-state index < -0.39 is 5.50 Å². The summed E-state index contributed by atoms with van der Waals surface area (Å²) in [5, 5.41) is 3.30. The van der Waals surface area contributed by atoms with E-state index in [0.717, 1.165) is 5.56 Å². The summed E-state index contributed by atoms with van der Waals surface area (Å²) < 4.78 is 5.61. The van der Waals surface area contributed by atoms with Gasteiger partial charge in [0.2, 0.25) is 0 Å². The lowest BCUT2D eigenvalue weighted by Gasteiger charge is -2.12. The normalized spacial score (nSPS) is 11.9. The third-order valence-electron chi connectivity index (χ3n) is 2.61. The van der Waals surface area contributed by atoms with Gasteiger partial charge in [-0.05, 0) is 28.4 Å². The number of hydrogen-bond donors (Lipinski definition) is 0. The topological polar surface area (TPSA) is 38.7 Å². The van der Waals surface area contributed by atoms with Crippen LogP contribution in [0.4, 0.5) is 0 Å². The second-order valence-electron chi connectivity index (χ2n) is 4.03. The highest BCUT2D eigenvalue weighted by atomic mass is 35.5. The molecule has 0 saturated heterocycles. The van der Waals surface area contributed by atoms with E-state index in [9.17, 15) is 4.91 Å². The molecule has 1 unspecified atom stereocenters. The van der Waals surface area contributed by atoms with E-state index in [4.69, 9.17) is 39.5 Å². The van der Waals surface area contributed by atoms with Gasteiger partial charge in [-0.3, -0.25) is 0 Å². The van der Waals surface area contributed by atoms with Crippen molar-refractivity contribution in [3.8, 4) is 5.75 Å². The third-order valence-corrected chi connectivity index (χ3v) is 3.51. The van der Waals surface area contributed by atoms with Crippen molar-refractivity contribution in [2.75, 3.05) is 0 Å². The predicted molar refractivity (Wildman–Crippen MR) is 81.6 cm³/mol. The predicted octanol–water partition coefficient (Wildman–Crippen LogP) is 5.58. The molecule has 1 atom stereocenters. The summed E-state index contributed by atoms with van der Waals surface area (Å²) in [6, 6.07) is 12.7. The molecule has 0 heterocycles. The first-order valence-corrected chi connectivity index (χ1v) is 6.93. The van der Waals surface area contributed by atoms with Gasteiger partial charge < -0.3 is 4.74 Å². The molecule has 0 aliphatic carbocycles. The van der Waals surface area contributed by atoms with Crippen LogP contribution < -0.4 is 4.74 Å². The highest BCUT2D eigenvalue weighted by Gasteiger charge is 2.15. The van der Waals surface area contributed by atoms with Crippen molar-refractivity contribution in [3.05, 3.63) is 68.5 Å². The molecular weight excluding hydrogens is 321 g/mol. The highest BCUT2D eigenvalue weighted by Crippen LogP contribution is 2.37. The molecule has 20 heavy (non-hydrogen) atoms. The van der Waals surface area contributed by atoms with Gasteiger partial charge in [0.15, 0.2) is 11.3 Å². The minimum atomic E-state index is -1.02. The number of hydrogen-bond acceptors (Lipinski definition) is 3. The molecule has 0 aliphatic rings. The molecule has 0 saturated carbocycles. The summed E-state index contributed by atoms with van der Waals surface area (Å²) in [5.41, 5.74) is 0.408. The van der Waals surface area contributed by atoms with Crippen LogP contribution in [0.15, 0.2) is 47.6 Å². The van der Waals surface area contributed by atoms with E-state index in [1.807, 2.05) is 30.3 Å². The Balaban J connectivity index is 2.18. The minimum absolute atomic E-state index is 0.290. The Bertz CT molecular complexity index is 582. The van der Waals surface area contributed by atoms with Crippen molar-refractivity contribution in [1.29, 1.82) is 0 Å². The average molecular weight is 331 g/mol. The molecular formula is C14H10Cl3NO2. The van der Waals surface area contributed by atoms with Crippen LogP contribution in [0.1, 0.15) is 16.6 Å². The number of ether oxygens (including phenoxy) is 1. The monoisotopic (exact) mass is 329 g/mol. The molecule has 0 spiro atoms. The smallest absolute Gasteiger partial charge is 0.190 e. The van der Waals surface area contributed by atoms with Gasteiger partial charge >= 0.3 is 0 Å². The molecule has 0 aliphatic heterocycles. The van der Waals surface area contributed by atoms with Crippen LogP contribution in [0.5, 0.6) is 5.75 Å². The molecule has 0 N–H and O–H groups in total. The van der Waals surface area contributed by atoms with E-state index in [1.165, 1.54) is 12.1 Å². The summed E-state index contributed by atoms with van der Waals surface area (Å²) in [7, 11) is 0. The van der Waals surface area contributed by atoms with Crippen molar-refractivity contribution in [2.45, 2.75) is 12.1 Å². The Kier molecular flexibility index (Phi) is 5.24. The summed E-state index contributed by atoms with van der Waals surface area (Å²) in [5.74, 6) is 0.357. The maximum absolute atomic E-state index is 10.4. The number of benzene rings is 2. The molecule has 0 fully saturated rings. The van der Waals surface area contributed by atoms with Crippen molar-refractivity contribution in [2.24, 2.45) is 5.18 Å². The first kappa shape index (κ1) is 15.1. The maximum atomic E-state index is 10.4. The lowest BCUT2D eigenvalue weighted by atomic mass is 10.2. The second kappa shape index (κ2) is 6.93. The van der Waals surface area contributed by atoms with Gasteiger partial charge in [-0.15, -0.1) is 4.91 Å². The number of nitrogens with zero attached hydrogens (tertiary/aromatic N) is 1. The molecule has 0 aromatic heterocycles. The molecule has 6 heteroatoms. The van der Waals surface area contributed by atoms with E-state index >= 15 is 0 Å². The summed E-state index contributed by atoms with van der Waals surface area (Å²) >= 11 is 17.9. The fraction of sp³-hybridized carbons (Fsp3) is 0.143. The van der Waals surface area contributed by atoms with Crippen LogP contribution in [0.3, 0.4) is 0 Å². The van der Waals surface area contributed by atoms with Crippen LogP contribution in [-0.2, 0) is 6.61 Å². The summed E-state index contributed by atoms with van der Waals surface area (Å²) in [4.78, 5) is 10.4. The Morgan fingerprint density at radius 2 is 1.70 bits per heavy atom. The van der Waals surface area contributed by atoms with Gasteiger partial charge in [-0.2, -0.15) is 0 Å². The van der Waals surface area contributed by atoms with Crippen LogP contribution in [-0.4, -0.2) is 0 Å². The van der Waals surface area contributed by atoms with Gasteiger partial charge in [0.1, 0.15) is 6.61 Å². The van der Waals surface area contributed by atoms with Crippen molar-refractivity contribution in [3.63, 3.8) is 0 Å². The molecule has 0 radical (unpaired) electrons. The van der Waals surface area contributed by atoms with Crippen molar-refractivity contribution < 1.29 is 4.74 Å². The first-order chi connectivity index (χ1) is 9.61. The zero-order valence-electron chi connectivity index (χ0n) is 10.2. The van der Waals surface area contributed by atoms with Gasteiger partial charge in [0.25, 0.3) is 0 Å². The molecule has 3 nitrogen and oxygen atoms in total. The zero-order valence-corrected chi connectivity index (χ0v) is 12.5. The Labute approximate surface area is 131 Å². The van der Waals surface area contributed by atoms with Crippen LogP contribution in [0.25, 0.3) is 0 Å². The fourth-order valence-corrected chi connectivity index (χ4v) is 2.38. The Hall–Kier alpha value is -1.29. The average Bonchev–Trinajstić information content (AvgIpc) is 2.46. The van der Waals surface area contributed by atoms with Crippen LogP contribution in [0, 0.1) is 4.91 Å². The van der Waals surface area contributed by atoms with E-state index in [2.05, 4.69) is 5.18 Å². The lowest BCUT2D eigenvalue weighted by Crippen LogP contribution is -1.97. The molecule has 2 aromatic carbocycles. The molecule has 0 bridgehead atoms. The zero-order chi connectivity index (χ0) is 14.5. The summed E-state index contributed by atoms with van der Waals surface area (Å²) in [6.07, 6.45) is 0. The number of rotatable bonds is 5. The van der Waals surface area contributed by atoms with E-state index in [0.29, 0.717) is 17.9 Å². The van der Waals surface area contributed by atoms with Gasteiger partial charge in [-0.1, -0.05) is 65.1 Å². The SMILES string of the molecule is O=NC(Cl)c1cc(Cl)c(OCc2ccccc2)c(Cl)c1. The van der Waals surface area contributed by atoms with Crippen LogP contribution in [0.2, 0.25) is 10.0 Å². The third kappa shape index (κ3) is 3.63. The number of halogens is 3. The number of alkyl halides is 1. The molecule has 104 valence electrons. The quantitative estimate of drug-likeness (QED) is 0.408. The fourth-order valence-electron chi connectivity index (χ4n) is 1.65. The first-order valence-electron chi connectivity index (χ1n) is 5.74. The summed E-state index contributed by atoms with van der Waals surface area (Å²) in [6.45, 7) is 0.343. The standard InChI is InChI=1S/C14H10Cl3NO2/c15-11-6-10(14(17)18-19)7-12(16)13(11)20-8-9-4-2-1-3-5-9/h1-7,14H,8H2. The largest absolute Gasteiger partial charge is 0.486 e. The second-order valence-corrected chi connectivity index (χ2v) is 5.26. The molecule has 2 aromatic rings. The van der Waals surface area contributed by atoms with Gasteiger partial charge in [-0.25, -0.2) is 0 Å². The maximum Gasteiger partial charge on any atom is 0.190 e. The number of nitroso groups, excluding NO2 is 1. The minimum Gasteiger partial charge on any atom is -0.486 e. The Morgan fingerprint density at radius 1 is 1.10 bits per heavy atom. The molecule has 0 amide bonds. The van der Waals surface area contributed by atoms with Gasteiger partial charge in [0, 0.05) is 0 Å². The van der Waals surface area contributed by atoms with E-state index in [1.54, 1.807) is 0 Å². The highest BCUT2D eigenvalue weighted by molar-refractivity contribution is 6.37. The Morgan fingerprint density at radius 3 is 2.25 bits per heavy atom. The van der Waals surface area contributed by atoms with Gasteiger partial charge in [0.05, 0.1) is 10.0 Å². The lowest BCUT2D eigenvalue weighted by molar-refractivity contribution is 0.306.